The number of nitro benzene ring substituents is 1. The van der Waals surface area contributed by atoms with Crippen molar-refractivity contribution < 1.29 is 23.8 Å². The number of non-ortho nitro benzene ring substituents is 1. The van der Waals surface area contributed by atoms with Gasteiger partial charge in [0.2, 0.25) is 0 Å². The number of hydrogen-bond donors (Lipinski definition) is 0. The molecule has 5 unspecified atom stereocenters. The highest BCUT2D eigenvalue weighted by Gasteiger charge is 2.54. The molecule has 5 rings (SSSR count). The number of ether oxygens (including phenoxy) is 1. The lowest BCUT2D eigenvalue weighted by Crippen LogP contribution is -2.43. The molecule has 32 heavy (non-hydrogen) atoms. The van der Waals surface area contributed by atoms with E-state index in [-0.39, 0.29) is 40.6 Å². The van der Waals surface area contributed by atoms with Crippen LogP contribution < -0.4 is 4.90 Å². The number of nitro groups is 1. The molecule has 0 radical (unpaired) electrons. The fourth-order valence-electron chi connectivity index (χ4n) is 5.09. The molecule has 166 valence electrons. The van der Waals surface area contributed by atoms with Gasteiger partial charge in [-0.1, -0.05) is 31.1 Å². The van der Waals surface area contributed by atoms with Gasteiger partial charge >= 0.3 is 0 Å². The second-order valence-corrected chi connectivity index (χ2v) is 9.02. The van der Waals surface area contributed by atoms with Gasteiger partial charge in [-0.15, -0.1) is 0 Å². The first-order valence-electron chi connectivity index (χ1n) is 10.7. The van der Waals surface area contributed by atoms with Crippen LogP contribution in [0.4, 0.5) is 11.5 Å². The summed E-state index contributed by atoms with van der Waals surface area (Å²) in [4.78, 5) is 39.5. The standard InChI is InChI=1S/C23H23N3O6/c1-11-7-16-17(8-12(11)2)31-22-19(21(16)27)20(14-5-4-6-15(10-14)26(29)30)25(23(22)28)18-9-13(3)32-24-18/h4-6,9-12,16-17,20H,7-8H2,1-3H3. The minimum absolute atomic E-state index is 0.0233. The number of Topliss-reactive ketones (excluding diaryl/α,β-unsaturated/α-hetero) is 1. The molecular weight excluding hydrogens is 414 g/mol. The average Bonchev–Trinajstić information content (AvgIpc) is 3.31. The van der Waals surface area contributed by atoms with Crippen molar-refractivity contribution in [2.24, 2.45) is 17.8 Å². The second-order valence-electron chi connectivity index (χ2n) is 9.02. The molecule has 1 aromatic carbocycles. The van der Waals surface area contributed by atoms with Gasteiger partial charge in [0, 0.05) is 18.2 Å². The smallest absolute Gasteiger partial charge is 0.295 e. The number of ketones is 1. The molecule has 0 bridgehead atoms. The van der Waals surface area contributed by atoms with E-state index in [9.17, 15) is 19.7 Å². The fourth-order valence-corrected chi connectivity index (χ4v) is 5.09. The van der Waals surface area contributed by atoms with Gasteiger partial charge in [0.05, 0.1) is 22.5 Å². The zero-order valence-corrected chi connectivity index (χ0v) is 18.0. The molecule has 3 heterocycles. The van der Waals surface area contributed by atoms with E-state index in [1.165, 1.54) is 17.0 Å². The Kier molecular flexibility index (Phi) is 4.65. The number of carbonyl (C=O) groups excluding carboxylic acids is 2. The van der Waals surface area contributed by atoms with Crippen molar-refractivity contribution in [2.75, 3.05) is 4.90 Å². The summed E-state index contributed by atoms with van der Waals surface area (Å²) in [6.45, 7) is 5.96. The molecule has 0 spiro atoms. The minimum atomic E-state index is -0.870. The molecule has 2 aromatic rings. The monoisotopic (exact) mass is 437 g/mol. The SMILES string of the molecule is Cc1cc(N2C(=O)C3=C(C(=O)C4CC(C)C(C)CC4O3)C2c2cccc([N+](=O)[O-])c2)no1. The summed E-state index contributed by atoms with van der Waals surface area (Å²) in [5.41, 5.74) is 0.576. The highest BCUT2D eigenvalue weighted by Crippen LogP contribution is 2.49. The third-order valence-corrected chi connectivity index (χ3v) is 6.97. The number of aryl methyl sites for hydroxylation is 1. The zero-order valence-electron chi connectivity index (χ0n) is 18.0. The zero-order chi connectivity index (χ0) is 22.7. The van der Waals surface area contributed by atoms with Gasteiger partial charge in [-0.25, -0.2) is 0 Å². The van der Waals surface area contributed by atoms with Crippen LogP contribution in [0.1, 0.15) is 44.1 Å². The molecule has 0 N–H and O–H groups in total. The van der Waals surface area contributed by atoms with Gasteiger partial charge in [-0.05, 0) is 37.2 Å². The second kappa shape index (κ2) is 7.29. The number of aromatic nitrogens is 1. The number of carbonyl (C=O) groups is 2. The number of hydrogen-bond acceptors (Lipinski definition) is 7. The number of fused-ring (bicyclic) bond motifs is 1. The molecule has 1 aliphatic carbocycles. The van der Waals surface area contributed by atoms with Gasteiger partial charge in [0.25, 0.3) is 11.6 Å². The maximum atomic E-state index is 13.7. The molecule has 1 amide bonds. The summed E-state index contributed by atoms with van der Waals surface area (Å²) >= 11 is 0. The Balaban J connectivity index is 1.65. The van der Waals surface area contributed by atoms with Crippen molar-refractivity contribution in [3.8, 4) is 0 Å². The third kappa shape index (κ3) is 3.03. The summed E-state index contributed by atoms with van der Waals surface area (Å²) in [5, 5.41) is 15.4. The van der Waals surface area contributed by atoms with Crippen molar-refractivity contribution in [1.82, 2.24) is 5.16 Å². The Morgan fingerprint density at radius 2 is 1.91 bits per heavy atom. The van der Waals surface area contributed by atoms with Crippen LogP contribution in [-0.4, -0.2) is 27.9 Å². The minimum Gasteiger partial charge on any atom is -0.483 e. The van der Waals surface area contributed by atoms with Crippen molar-refractivity contribution >= 4 is 23.2 Å². The first kappa shape index (κ1) is 20.4. The van der Waals surface area contributed by atoms with Crippen molar-refractivity contribution in [3.63, 3.8) is 0 Å². The molecule has 3 aliphatic rings. The molecular formula is C23H23N3O6. The van der Waals surface area contributed by atoms with E-state index in [1.807, 2.05) is 0 Å². The molecule has 9 heteroatoms. The van der Waals surface area contributed by atoms with Gasteiger partial charge in [0.15, 0.2) is 17.4 Å². The number of rotatable bonds is 3. The van der Waals surface area contributed by atoms with Crippen molar-refractivity contribution in [2.45, 2.75) is 45.8 Å². The normalized spacial score (nSPS) is 29.6. The van der Waals surface area contributed by atoms with E-state index < -0.39 is 16.9 Å². The maximum absolute atomic E-state index is 13.7. The summed E-state index contributed by atoms with van der Waals surface area (Å²) in [6, 6.07) is 6.71. The molecule has 1 aromatic heterocycles. The first-order chi connectivity index (χ1) is 15.3. The summed E-state index contributed by atoms with van der Waals surface area (Å²) in [7, 11) is 0. The Labute approximate surface area is 184 Å². The topological polar surface area (TPSA) is 116 Å². The van der Waals surface area contributed by atoms with Crippen LogP contribution in [-0.2, 0) is 14.3 Å². The van der Waals surface area contributed by atoms with Gasteiger partial charge < -0.3 is 9.26 Å². The van der Waals surface area contributed by atoms with E-state index in [4.69, 9.17) is 9.26 Å². The lowest BCUT2D eigenvalue weighted by Gasteiger charge is -2.40. The quantitative estimate of drug-likeness (QED) is 0.528. The Morgan fingerprint density at radius 1 is 1.16 bits per heavy atom. The van der Waals surface area contributed by atoms with Crippen LogP contribution in [0.5, 0.6) is 0 Å². The number of amides is 1. The van der Waals surface area contributed by atoms with Crippen LogP contribution in [0, 0.1) is 34.8 Å². The summed E-state index contributed by atoms with van der Waals surface area (Å²) in [6.07, 6.45) is 1.04. The fraction of sp³-hybridized carbons (Fsp3) is 0.435. The highest BCUT2D eigenvalue weighted by molar-refractivity contribution is 6.17. The number of anilines is 1. The Bertz CT molecular complexity index is 1170. The van der Waals surface area contributed by atoms with Crippen LogP contribution in [0.2, 0.25) is 0 Å². The lowest BCUT2D eigenvalue weighted by atomic mass is 9.70. The summed E-state index contributed by atoms with van der Waals surface area (Å²) in [5.74, 6) is 0.547. The molecule has 1 fully saturated rings. The Morgan fingerprint density at radius 3 is 2.59 bits per heavy atom. The average molecular weight is 437 g/mol. The highest BCUT2D eigenvalue weighted by atomic mass is 16.6. The number of benzene rings is 1. The molecule has 5 atom stereocenters. The largest absolute Gasteiger partial charge is 0.483 e. The van der Waals surface area contributed by atoms with E-state index >= 15 is 0 Å². The van der Waals surface area contributed by atoms with E-state index in [2.05, 4.69) is 19.0 Å². The molecule has 2 aliphatic heterocycles. The van der Waals surface area contributed by atoms with E-state index in [0.717, 1.165) is 0 Å². The third-order valence-electron chi connectivity index (χ3n) is 6.97. The molecule has 9 nitrogen and oxygen atoms in total. The van der Waals surface area contributed by atoms with Gasteiger partial charge in [-0.3, -0.25) is 24.6 Å². The van der Waals surface area contributed by atoms with Crippen molar-refractivity contribution in [3.05, 3.63) is 63.1 Å². The molecule has 0 saturated heterocycles. The number of nitrogens with zero attached hydrogens (tertiary/aromatic N) is 3. The maximum Gasteiger partial charge on any atom is 0.295 e. The molecule has 1 saturated carbocycles. The van der Waals surface area contributed by atoms with Crippen LogP contribution >= 0.6 is 0 Å². The van der Waals surface area contributed by atoms with Crippen LogP contribution in [0.25, 0.3) is 0 Å². The lowest BCUT2D eigenvalue weighted by molar-refractivity contribution is -0.384. The van der Waals surface area contributed by atoms with E-state index in [0.29, 0.717) is 36.0 Å². The summed E-state index contributed by atoms with van der Waals surface area (Å²) < 4.78 is 11.4. The van der Waals surface area contributed by atoms with Crippen molar-refractivity contribution in [1.29, 1.82) is 0 Å². The van der Waals surface area contributed by atoms with Crippen LogP contribution in [0.3, 0.4) is 0 Å². The van der Waals surface area contributed by atoms with Crippen LogP contribution in [0.15, 0.2) is 46.2 Å². The van der Waals surface area contributed by atoms with Gasteiger partial charge in [0.1, 0.15) is 11.9 Å². The van der Waals surface area contributed by atoms with Gasteiger partial charge in [-0.2, -0.15) is 0 Å². The Hall–Kier alpha value is -3.49. The predicted octanol–water partition coefficient (Wildman–Crippen LogP) is 3.88. The first-order valence-corrected chi connectivity index (χ1v) is 10.7. The predicted molar refractivity (Wildman–Crippen MR) is 113 cm³/mol. The van der Waals surface area contributed by atoms with E-state index in [1.54, 1.807) is 25.1 Å².